The van der Waals surface area contributed by atoms with Crippen molar-refractivity contribution < 1.29 is 28.9 Å². The van der Waals surface area contributed by atoms with Crippen molar-refractivity contribution in [1.82, 2.24) is 9.88 Å². The summed E-state index contributed by atoms with van der Waals surface area (Å²) in [5.41, 5.74) is 1.47. The van der Waals surface area contributed by atoms with Gasteiger partial charge in [0.2, 0.25) is 0 Å². The highest BCUT2D eigenvalue weighted by molar-refractivity contribution is 6.46. The van der Waals surface area contributed by atoms with Crippen LogP contribution in [-0.4, -0.2) is 48.0 Å². The minimum atomic E-state index is -0.865. The molecule has 1 unspecified atom stereocenters. The van der Waals surface area contributed by atoms with Gasteiger partial charge in [-0.2, -0.15) is 0 Å². The quantitative estimate of drug-likeness (QED) is 0.295. The van der Waals surface area contributed by atoms with Crippen molar-refractivity contribution in [3.63, 3.8) is 0 Å². The zero-order valence-electron chi connectivity index (χ0n) is 19.3. The zero-order chi connectivity index (χ0) is 25.1. The fourth-order valence-corrected chi connectivity index (χ4v) is 4.32. The summed E-state index contributed by atoms with van der Waals surface area (Å²) in [6.07, 6.45) is 3.12. The number of aliphatic hydroxyl groups excluding tert-OH is 1. The Labute approximate surface area is 207 Å². The van der Waals surface area contributed by atoms with Crippen molar-refractivity contribution in [3.8, 4) is 17.2 Å². The van der Waals surface area contributed by atoms with Gasteiger partial charge in [-0.25, -0.2) is 0 Å². The summed E-state index contributed by atoms with van der Waals surface area (Å²) in [5.74, 6) is -0.831. The van der Waals surface area contributed by atoms with Crippen molar-refractivity contribution in [2.45, 2.75) is 12.6 Å². The van der Waals surface area contributed by atoms with Crippen LogP contribution in [0.15, 0.2) is 66.5 Å². The van der Waals surface area contributed by atoms with E-state index in [0.29, 0.717) is 11.3 Å². The number of benzene rings is 2. The molecule has 1 amide bonds. The largest absolute Gasteiger partial charge is 0.507 e. The van der Waals surface area contributed by atoms with Gasteiger partial charge in [0, 0.05) is 25.0 Å². The van der Waals surface area contributed by atoms with E-state index in [-0.39, 0.29) is 34.2 Å². The number of carbonyl (C=O) groups excluding carboxylic acids is 2. The molecule has 1 atom stereocenters. The number of ether oxygens (including phenoxy) is 3. The number of Topliss-reactive ketones (excluding diaryl/α,β-unsaturated/α-hetero) is 1. The number of pyridine rings is 1. The molecule has 1 saturated heterocycles. The van der Waals surface area contributed by atoms with Crippen molar-refractivity contribution in [3.05, 3.63) is 88.2 Å². The summed E-state index contributed by atoms with van der Waals surface area (Å²) >= 11 is 6.21. The normalized spacial score (nSPS) is 16.9. The van der Waals surface area contributed by atoms with Gasteiger partial charge in [-0.3, -0.25) is 14.6 Å². The lowest BCUT2D eigenvalue weighted by Crippen LogP contribution is -2.29. The van der Waals surface area contributed by atoms with Crippen molar-refractivity contribution in [2.24, 2.45) is 0 Å². The van der Waals surface area contributed by atoms with Gasteiger partial charge in [-0.05, 0) is 41.5 Å². The van der Waals surface area contributed by atoms with Crippen molar-refractivity contribution >= 4 is 29.1 Å². The van der Waals surface area contributed by atoms with Crippen LogP contribution < -0.4 is 14.2 Å². The van der Waals surface area contributed by atoms with Crippen molar-refractivity contribution in [1.29, 1.82) is 0 Å². The molecule has 1 aliphatic heterocycles. The average molecular weight is 495 g/mol. The minimum Gasteiger partial charge on any atom is -0.507 e. The van der Waals surface area contributed by atoms with E-state index in [2.05, 4.69) is 4.98 Å². The van der Waals surface area contributed by atoms with Gasteiger partial charge in [-0.1, -0.05) is 23.7 Å². The highest BCUT2D eigenvalue weighted by Crippen LogP contribution is 2.43. The summed E-state index contributed by atoms with van der Waals surface area (Å²) in [5, 5.41) is 11.7. The highest BCUT2D eigenvalue weighted by atomic mass is 35.5. The Bertz CT molecular complexity index is 1310. The molecule has 0 aliphatic carbocycles. The smallest absolute Gasteiger partial charge is 0.295 e. The van der Waals surface area contributed by atoms with E-state index in [4.69, 9.17) is 25.8 Å². The first-order chi connectivity index (χ1) is 16.9. The van der Waals surface area contributed by atoms with Crippen LogP contribution in [0.5, 0.6) is 17.2 Å². The third-order valence-corrected chi connectivity index (χ3v) is 6.07. The van der Waals surface area contributed by atoms with E-state index in [0.717, 1.165) is 5.56 Å². The molecular weight excluding hydrogens is 472 g/mol. The molecular formula is C26H23ClN2O6. The van der Waals surface area contributed by atoms with Gasteiger partial charge in [0.1, 0.15) is 23.0 Å². The van der Waals surface area contributed by atoms with Gasteiger partial charge >= 0.3 is 0 Å². The molecule has 0 spiro atoms. The van der Waals surface area contributed by atoms with Crippen LogP contribution in [0.2, 0.25) is 5.02 Å². The predicted molar refractivity (Wildman–Crippen MR) is 130 cm³/mol. The molecule has 2 heterocycles. The molecule has 1 aliphatic rings. The monoisotopic (exact) mass is 494 g/mol. The number of nitrogens with zero attached hydrogens (tertiary/aromatic N) is 2. The number of rotatable bonds is 7. The first-order valence-electron chi connectivity index (χ1n) is 10.6. The average Bonchev–Trinajstić information content (AvgIpc) is 3.13. The minimum absolute atomic E-state index is 0.0771. The molecule has 1 fully saturated rings. The summed E-state index contributed by atoms with van der Waals surface area (Å²) in [7, 11) is 4.40. The molecule has 9 heteroatoms. The maximum atomic E-state index is 13.3. The standard InChI is InChI=1S/C26H23ClN2O6/c1-33-17-6-4-5-15(11-17)14-29-23(16-7-9-28-10-8-16)22(25(31)26(29)32)24(30)18-12-21(35-3)19(27)13-20(18)34-2/h4-13,23,30H,14H2,1-3H3/b24-22+. The fraction of sp³-hybridized carbons (Fsp3) is 0.192. The van der Waals surface area contributed by atoms with E-state index in [1.54, 1.807) is 49.8 Å². The molecule has 35 heavy (non-hydrogen) atoms. The molecule has 180 valence electrons. The van der Waals surface area contributed by atoms with Crippen molar-refractivity contribution in [2.75, 3.05) is 21.3 Å². The topological polar surface area (TPSA) is 98.2 Å². The molecule has 8 nitrogen and oxygen atoms in total. The van der Waals surface area contributed by atoms with Gasteiger partial charge in [-0.15, -0.1) is 0 Å². The van der Waals surface area contributed by atoms with Crippen LogP contribution in [0.25, 0.3) is 5.76 Å². The second-order valence-corrected chi connectivity index (χ2v) is 8.15. The maximum absolute atomic E-state index is 13.3. The van der Waals surface area contributed by atoms with Crippen LogP contribution in [-0.2, 0) is 16.1 Å². The number of aliphatic hydroxyl groups is 1. The predicted octanol–water partition coefficient (Wildman–Crippen LogP) is 4.38. The van der Waals surface area contributed by atoms with Gasteiger partial charge in [0.25, 0.3) is 11.7 Å². The number of aromatic nitrogens is 1. The number of likely N-dealkylation sites (tertiary alicyclic amines) is 1. The van der Waals surface area contributed by atoms with Crippen LogP contribution in [0.1, 0.15) is 22.7 Å². The Morgan fingerprint density at radius 3 is 2.37 bits per heavy atom. The second-order valence-electron chi connectivity index (χ2n) is 7.75. The molecule has 2 aromatic carbocycles. The van der Waals surface area contributed by atoms with Crippen LogP contribution in [0.4, 0.5) is 0 Å². The van der Waals surface area contributed by atoms with Gasteiger partial charge in [0.15, 0.2) is 0 Å². The zero-order valence-corrected chi connectivity index (χ0v) is 20.1. The van der Waals surface area contributed by atoms with E-state index in [1.165, 1.54) is 31.3 Å². The molecule has 1 aromatic heterocycles. The first kappa shape index (κ1) is 24.1. The molecule has 3 aromatic rings. The van der Waals surface area contributed by atoms with Gasteiger partial charge < -0.3 is 24.2 Å². The number of halogens is 1. The number of ketones is 1. The molecule has 1 N–H and O–H groups in total. The van der Waals surface area contributed by atoms with Gasteiger partial charge in [0.05, 0.1) is 43.5 Å². The Morgan fingerprint density at radius 2 is 1.71 bits per heavy atom. The second kappa shape index (κ2) is 10.1. The Hall–Kier alpha value is -4.04. The third kappa shape index (κ3) is 4.52. The molecule has 0 saturated carbocycles. The summed E-state index contributed by atoms with van der Waals surface area (Å²) in [6.45, 7) is 0.118. The van der Waals surface area contributed by atoms with E-state index in [1.807, 2.05) is 6.07 Å². The Morgan fingerprint density at radius 1 is 1.00 bits per heavy atom. The van der Waals surface area contributed by atoms with E-state index >= 15 is 0 Å². The highest BCUT2D eigenvalue weighted by Gasteiger charge is 2.46. The molecule has 0 bridgehead atoms. The maximum Gasteiger partial charge on any atom is 0.295 e. The lowest BCUT2D eigenvalue weighted by atomic mass is 9.95. The van der Waals surface area contributed by atoms with E-state index in [9.17, 15) is 14.7 Å². The number of hydrogen-bond acceptors (Lipinski definition) is 7. The van der Waals surface area contributed by atoms with E-state index < -0.39 is 23.5 Å². The lowest BCUT2D eigenvalue weighted by Gasteiger charge is -2.25. The van der Waals surface area contributed by atoms with Crippen LogP contribution >= 0.6 is 11.6 Å². The SMILES string of the molecule is COc1cccc(CN2C(=O)C(=O)/C(=C(/O)c3cc(OC)c(Cl)cc3OC)C2c2ccncc2)c1. The Balaban J connectivity index is 1.90. The number of amides is 1. The number of methoxy groups -OCH3 is 3. The number of hydrogen-bond donors (Lipinski definition) is 1. The Kier molecular flexibility index (Phi) is 6.93. The molecule has 4 rings (SSSR count). The summed E-state index contributed by atoms with van der Waals surface area (Å²) in [6, 6.07) is 12.7. The van der Waals surface area contributed by atoms with Crippen LogP contribution in [0, 0.1) is 0 Å². The molecule has 0 radical (unpaired) electrons. The number of carbonyl (C=O) groups is 2. The first-order valence-corrected chi connectivity index (χ1v) is 11.0. The fourth-order valence-electron chi connectivity index (χ4n) is 4.09. The lowest BCUT2D eigenvalue weighted by molar-refractivity contribution is -0.140. The third-order valence-electron chi connectivity index (χ3n) is 5.78. The summed E-state index contributed by atoms with van der Waals surface area (Å²) in [4.78, 5) is 32.0. The summed E-state index contributed by atoms with van der Waals surface area (Å²) < 4.78 is 16.0. The van der Waals surface area contributed by atoms with Crippen LogP contribution in [0.3, 0.4) is 0 Å².